The van der Waals surface area contributed by atoms with Crippen LogP contribution >= 0.6 is 0 Å². The van der Waals surface area contributed by atoms with Crippen LogP contribution in [0.4, 0.5) is 0 Å². The van der Waals surface area contributed by atoms with E-state index in [0.717, 1.165) is 38.5 Å². The molecule has 448 valence electrons. The minimum atomic E-state index is -1.26. The monoisotopic (exact) mass is 1060 g/mol. The molecule has 0 fully saturated rings. The highest BCUT2D eigenvalue weighted by Gasteiger charge is 2.28. The fourth-order valence-corrected chi connectivity index (χ4v) is 11.3. The van der Waals surface area contributed by atoms with E-state index in [2.05, 4.69) is 31.3 Å². The van der Waals surface area contributed by atoms with Gasteiger partial charge in [0.2, 0.25) is 5.91 Å². The molecule has 75 heavy (non-hydrogen) atoms. The number of carbonyl (C=O) groups excluding carboxylic acids is 1. The number of aliphatic hydroxyl groups excluding tert-OH is 4. The van der Waals surface area contributed by atoms with Crippen molar-refractivity contribution in [3.8, 4) is 0 Å². The Morgan fingerprint density at radius 1 is 0.320 bits per heavy atom. The fourth-order valence-electron chi connectivity index (χ4n) is 11.3. The summed E-state index contributed by atoms with van der Waals surface area (Å²) in [5, 5.41) is 44.2. The van der Waals surface area contributed by atoms with Crippen LogP contribution in [0.1, 0.15) is 393 Å². The average Bonchev–Trinajstić information content (AvgIpc) is 3.42. The maximum absolute atomic E-state index is 12.7. The van der Waals surface area contributed by atoms with Crippen LogP contribution in [0.15, 0.2) is 12.2 Å². The number of carbonyl (C=O) groups is 1. The quantitative estimate of drug-likeness (QED) is 0.0308. The number of allylic oxidation sites excluding steroid dienone is 2. The first kappa shape index (κ1) is 74.0. The number of hydrogen-bond donors (Lipinski definition) is 5. The summed E-state index contributed by atoms with van der Waals surface area (Å²) in [5.41, 5.74) is 0. The molecule has 0 aromatic rings. The Labute approximate surface area is 470 Å². The lowest BCUT2D eigenvalue weighted by molar-refractivity contribution is -0.132. The number of aliphatic hydroxyl groups is 4. The molecule has 0 saturated heterocycles. The van der Waals surface area contributed by atoms with E-state index in [-0.39, 0.29) is 0 Å². The normalized spacial score (nSPS) is 13.5. The molecule has 0 saturated carbocycles. The number of nitrogens with one attached hydrogen (secondary N) is 1. The molecule has 0 aromatic heterocycles. The molecule has 0 aliphatic heterocycles. The Hall–Kier alpha value is -0.950. The average molecular weight is 1060 g/mol. The van der Waals surface area contributed by atoms with E-state index in [1.54, 1.807) is 0 Å². The van der Waals surface area contributed by atoms with E-state index in [4.69, 9.17) is 0 Å². The summed E-state index contributed by atoms with van der Waals surface area (Å²) >= 11 is 0. The summed E-state index contributed by atoms with van der Waals surface area (Å²) < 4.78 is 0. The first-order valence-corrected chi connectivity index (χ1v) is 34.6. The molecule has 0 rings (SSSR count). The molecule has 5 N–H and O–H groups in total. The third-order valence-electron chi connectivity index (χ3n) is 16.7. The smallest absolute Gasteiger partial charge is 0.249 e. The zero-order valence-corrected chi connectivity index (χ0v) is 51.1. The van der Waals surface area contributed by atoms with Crippen molar-refractivity contribution < 1.29 is 25.2 Å². The van der Waals surface area contributed by atoms with Crippen LogP contribution < -0.4 is 5.32 Å². The summed E-state index contributed by atoms with van der Waals surface area (Å²) in [6, 6.07) is -0.985. The molecular weight excluding hydrogens is 923 g/mol. The van der Waals surface area contributed by atoms with E-state index in [0.29, 0.717) is 12.8 Å². The van der Waals surface area contributed by atoms with Gasteiger partial charge in [0.05, 0.1) is 18.8 Å². The lowest BCUT2D eigenvalue weighted by Gasteiger charge is -2.27. The predicted octanol–water partition coefficient (Wildman–Crippen LogP) is 21.2. The van der Waals surface area contributed by atoms with E-state index >= 15 is 0 Å². The van der Waals surface area contributed by atoms with Crippen molar-refractivity contribution in [1.82, 2.24) is 5.32 Å². The first-order chi connectivity index (χ1) is 37.0. The van der Waals surface area contributed by atoms with Crippen LogP contribution in [-0.2, 0) is 4.79 Å². The lowest BCUT2D eigenvalue weighted by atomic mass is 9.99. The fraction of sp³-hybridized carbons (Fsp3) is 0.957. The Morgan fingerprint density at radius 3 is 0.773 bits per heavy atom. The van der Waals surface area contributed by atoms with Gasteiger partial charge in [-0.15, -0.1) is 0 Å². The first-order valence-electron chi connectivity index (χ1n) is 34.6. The summed E-state index contributed by atoms with van der Waals surface area (Å²) in [5.74, 6) is -0.577. The van der Waals surface area contributed by atoms with Crippen molar-refractivity contribution in [2.75, 3.05) is 6.61 Å². The SMILES string of the molecule is CCCCCCCCCCCCCC/C=C\CCCCCCCCCCCCCC(O)C(=O)NC(CO)C(O)C(O)CCCCCCCCCCCCCCCCCCCCCCCCCCCCCCCCCC. The van der Waals surface area contributed by atoms with Gasteiger partial charge in [0.15, 0.2) is 0 Å². The topological polar surface area (TPSA) is 110 Å². The molecule has 0 aliphatic carbocycles. The van der Waals surface area contributed by atoms with Crippen molar-refractivity contribution in [2.45, 2.75) is 417 Å². The molecule has 0 aliphatic rings. The number of unbranched alkanes of at least 4 members (excludes halogenated alkanes) is 54. The highest BCUT2D eigenvalue weighted by atomic mass is 16.3. The molecule has 4 unspecified atom stereocenters. The standard InChI is InChI=1S/C69H137NO5/c1-3-5-7-9-11-13-15-17-19-21-23-25-27-29-31-32-33-34-35-37-38-40-42-44-46-48-50-52-54-56-58-60-62-66(72)68(74)65(64-71)70-69(75)67(73)63-61-59-57-55-53-51-49-47-45-43-41-39-36-30-28-26-24-22-20-18-16-14-12-10-8-6-4-2/h30,36,65-68,71-74H,3-29,31-35,37-64H2,1-2H3,(H,70,75)/b36-30-. The number of amides is 1. The zero-order chi connectivity index (χ0) is 54.4. The van der Waals surface area contributed by atoms with Crippen molar-refractivity contribution in [3.63, 3.8) is 0 Å². The molecule has 0 spiro atoms. The Balaban J connectivity index is 3.53. The second kappa shape index (κ2) is 63.9. The van der Waals surface area contributed by atoms with Crippen LogP contribution in [0, 0.1) is 0 Å². The van der Waals surface area contributed by atoms with Gasteiger partial charge in [0.25, 0.3) is 0 Å². The highest BCUT2D eigenvalue weighted by Crippen LogP contribution is 2.20. The largest absolute Gasteiger partial charge is 0.394 e. The molecular formula is C69H137NO5. The Morgan fingerprint density at radius 2 is 0.533 bits per heavy atom. The Kier molecular flexibility index (Phi) is 63.1. The molecule has 0 bridgehead atoms. The van der Waals surface area contributed by atoms with Gasteiger partial charge in [-0.3, -0.25) is 4.79 Å². The van der Waals surface area contributed by atoms with Gasteiger partial charge in [-0.2, -0.15) is 0 Å². The van der Waals surface area contributed by atoms with Crippen molar-refractivity contribution >= 4 is 5.91 Å². The van der Waals surface area contributed by atoms with E-state index < -0.39 is 36.9 Å². The Bertz CT molecular complexity index is 1100. The van der Waals surface area contributed by atoms with Crippen LogP contribution in [0.25, 0.3) is 0 Å². The van der Waals surface area contributed by atoms with Gasteiger partial charge in [0, 0.05) is 0 Å². The van der Waals surface area contributed by atoms with Crippen LogP contribution in [-0.4, -0.2) is 57.3 Å². The molecule has 4 atom stereocenters. The molecule has 0 radical (unpaired) electrons. The maximum Gasteiger partial charge on any atom is 0.249 e. The lowest BCUT2D eigenvalue weighted by Crippen LogP contribution is -2.53. The second-order valence-corrected chi connectivity index (χ2v) is 24.2. The van der Waals surface area contributed by atoms with E-state index in [9.17, 15) is 25.2 Å². The number of rotatable bonds is 65. The van der Waals surface area contributed by atoms with Gasteiger partial charge in [-0.1, -0.05) is 366 Å². The highest BCUT2D eigenvalue weighted by molar-refractivity contribution is 5.80. The number of hydrogen-bond acceptors (Lipinski definition) is 5. The third kappa shape index (κ3) is 57.5. The van der Waals surface area contributed by atoms with Crippen molar-refractivity contribution in [1.29, 1.82) is 0 Å². The van der Waals surface area contributed by atoms with Crippen molar-refractivity contribution in [2.24, 2.45) is 0 Å². The minimum absolute atomic E-state index is 0.372. The summed E-state index contributed by atoms with van der Waals surface area (Å²) in [7, 11) is 0. The molecule has 0 heterocycles. The van der Waals surface area contributed by atoms with Crippen LogP contribution in [0.5, 0.6) is 0 Å². The van der Waals surface area contributed by atoms with E-state index in [1.165, 1.54) is 327 Å². The summed E-state index contributed by atoms with van der Waals surface area (Å²) in [6.45, 7) is 4.11. The zero-order valence-electron chi connectivity index (χ0n) is 51.1. The molecule has 0 aromatic carbocycles. The molecule has 1 amide bonds. The molecule has 6 heteroatoms. The van der Waals surface area contributed by atoms with Gasteiger partial charge >= 0.3 is 0 Å². The minimum Gasteiger partial charge on any atom is -0.394 e. The van der Waals surface area contributed by atoms with Gasteiger partial charge < -0.3 is 25.7 Å². The van der Waals surface area contributed by atoms with Gasteiger partial charge in [-0.25, -0.2) is 0 Å². The molecule has 6 nitrogen and oxygen atoms in total. The summed E-state index contributed by atoms with van der Waals surface area (Å²) in [6.07, 6.45) is 79.0. The van der Waals surface area contributed by atoms with E-state index in [1.807, 2.05) is 0 Å². The van der Waals surface area contributed by atoms with Crippen LogP contribution in [0.3, 0.4) is 0 Å². The van der Waals surface area contributed by atoms with Crippen LogP contribution in [0.2, 0.25) is 0 Å². The summed E-state index contributed by atoms with van der Waals surface area (Å²) in [4.78, 5) is 12.7. The predicted molar refractivity (Wildman–Crippen MR) is 330 cm³/mol. The van der Waals surface area contributed by atoms with Crippen molar-refractivity contribution in [3.05, 3.63) is 12.2 Å². The maximum atomic E-state index is 12.7. The van der Waals surface area contributed by atoms with Gasteiger partial charge in [0.1, 0.15) is 12.2 Å². The van der Waals surface area contributed by atoms with Gasteiger partial charge in [-0.05, 0) is 38.5 Å². The second-order valence-electron chi connectivity index (χ2n) is 24.2. The third-order valence-corrected chi connectivity index (χ3v) is 16.7.